The van der Waals surface area contributed by atoms with Crippen molar-refractivity contribution in [1.29, 1.82) is 0 Å². The average Bonchev–Trinajstić information content (AvgIpc) is 2.63. The van der Waals surface area contributed by atoms with Gasteiger partial charge in [0.05, 0.1) is 6.04 Å². The molecule has 0 amide bonds. The molecule has 0 aliphatic heterocycles. The summed E-state index contributed by atoms with van der Waals surface area (Å²) in [5.74, 6) is 5.88. The van der Waals surface area contributed by atoms with Gasteiger partial charge in [-0.25, -0.2) is 4.39 Å². The van der Waals surface area contributed by atoms with E-state index in [1.54, 1.807) is 6.07 Å². The van der Waals surface area contributed by atoms with Crippen molar-refractivity contribution in [3.8, 4) is 0 Å². The maximum Gasteiger partial charge on any atom is 0.128 e. The number of halogens is 1. The number of nitrogens with two attached hydrogens (primary N) is 1. The van der Waals surface area contributed by atoms with Crippen LogP contribution in [0, 0.1) is 17.2 Å². The lowest BCUT2D eigenvalue weighted by Crippen LogP contribution is -2.38. The van der Waals surface area contributed by atoms with Crippen molar-refractivity contribution in [2.75, 3.05) is 0 Å². The average molecular weight is 236 g/mol. The third kappa shape index (κ3) is 2.35. The topological polar surface area (TPSA) is 38.0 Å². The highest BCUT2D eigenvalue weighted by atomic mass is 19.1. The van der Waals surface area contributed by atoms with Crippen molar-refractivity contribution in [3.05, 3.63) is 35.6 Å². The van der Waals surface area contributed by atoms with Gasteiger partial charge in [0.2, 0.25) is 0 Å². The Morgan fingerprint density at radius 3 is 2.65 bits per heavy atom. The Morgan fingerprint density at radius 2 is 2.12 bits per heavy atom. The minimum Gasteiger partial charge on any atom is -0.271 e. The van der Waals surface area contributed by atoms with E-state index < -0.39 is 0 Å². The predicted molar refractivity (Wildman–Crippen MR) is 67.6 cm³/mol. The molecule has 2 atom stereocenters. The maximum atomic E-state index is 13.8. The van der Waals surface area contributed by atoms with Crippen LogP contribution >= 0.6 is 0 Å². The van der Waals surface area contributed by atoms with Crippen molar-refractivity contribution < 1.29 is 4.39 Å². The third-order valence-electron chi connectivity index (χ3n) is 4.16. The van der Waals surface area contributed by atoms with E-state index >= 15 is 0 Å². The molecule has 0 saturated heterocycles. The van der Waals surface area contributed by atoms with Gasteiger partial charge in [-0.1, -0.05) is 38.5 Å². The monoisotopic (exact) mass is 236 g/mol. The van der Waals surface area contributed by atoms with Crippen molar-refractivity contribution in [3.63, 3.8) is 0 Å². The van der Waals surface area contributed by atoms with Gasteiger partial charge in [0.1, 0.15) is 5.82 Å². The number of hydrogen-bond acceptors (Lipinski definition) is 2. The number of rotatable bonds is 3. The van der Waals surface area contributed by atoms with Gasteiger partial charge in [-0.3, -0.25) is 11.3 Å². The summed E-state index contributed by atoms with van der Waals surface area (Å²) in [5, 5.41) is 0. The molecule has 94 valence electrons. The SMILES string of the molecule is CC1(C)CCCC1C(NN)c1ccccc1F. The highest BCUT2D eigenvalue weighted by Crippen LogP contribution is 2.48. The fraction of sp³-hybridized carbons (Fsp3) is 0.571. The second-order valence-electron chi connectivity index (χ2n) is 5.65. The lowest BCUT2D eigenvalue weighted by molar-refractivity contribution is 0.195. The summed E-state index contributed by atoms with van der Waals surface area (Å²) in [5.41, 5.74) is 3.73. The third-order valence-corrected chi connectivity index (χ3v) is 4.16. The number of benzene rings is 1. The van der Waals surface area contributed by atoms with Crippen LogP contribution in [-0.4, -0.2) is 0 Å². The lowest BCUT2D eigenvalue weighted by Gasteiger charge is -2.34. The summed E-state index contributed by atoms with van der Waals surface area (Å²) in [6.07, 6.45) is 3.49. The summed E-state index contributed by atoms with van der Waals surface area (Å²) in [4.78, 5) is 0. The Morgan fingerprint density at radius 1 is 1.41 bits per heavy atom. The molecule has 0 spiro atoms. The molecule has 3 heteroatoms. The van der Waals surface area contributed by atoms with Crippen LogP contribution in [0.2, 0.25) is 0 Å². The first-order valence-corrected chi connectivity index (χ1v) is 6.27. The Labute approximate surface area is 102 Å². The number of hydrazine groups is 1. The van der Waals surface area contributed by atoms with E-state index in [2.05, 4.69) is 19.3 Å². The molecule has 0 radical (unpaired) electrons. The highest BCUT2D eigenvalue weighted by Gasteiger charge is 2.40. The van der Waals surface area contributed by atoms with Crippen molar-refractivity contribution >= 4 is 0 Å². The quantitative estimate of drug-likeness (QED) is 0.625. The predicted octanol–water partition coefficient (Wildman–Crippen LogP) is 3.16. The van der Waals surface area contributed by atoms with Crippen LogP contribution in [0.25, 0.3) is 0 Å². The fourth-order valence-corrected chi connectivity index (χ4v) is 3.12. The Kier molecular flexibility index (Phi) is 3.50. The first-order chi connectivity index (χ1) is 8.06. The van der Waals surface area contributed by atoms with Gasteiger partial charge in [-0.2, -0.15) is 0 Å². The molecule has 1 aliphatic rings. The lowest BCUT2D eigenvalue weighted by atomic mass is 9.75. The van der Waals surface area contributed by atoms with Crippen molar-refractivity contribution in [1.82, 2.24) is 5.43 Å². The van der Waals surface area contributed by atoms with Gasteiger partial charge in [-0.05, 0) is 30.2 Å². The smallest absolute Gasteiger partial charge is 0.128 e. The fourth-order valence-electron chi connectivity index (χ4n) is 3.12. The molecular formula is C14H21FN2. The van der Waals surface area contributed by atoms with E-state index in [0.717, 1.165) is 6.42 Å². The molecule has 0 heterocycles. The van der Waals surface area contributed by atoms with Crippen LogP contribution in [0.1, 0.15) is 44.7 Å². The molecule has 2 rings (SSSR count). The minimum absolute atomic E-state index is 0.0892. The second-order valence-corrected chi connectivity index (χ2v) is 5.65. The summed E-state index contributed by atoms with van der Waals surface area (Å²) < 4.78 is 13.8. The molecule has 2 nitrogen and oxygen atoms in total. The molecule has 0 bridgehead atoms. The van der Waals surface area contributed by atoms with E-state index in [0.29, 0.717) is 11.5 Å². The first-order valence-electron chi connectivity index (χ1n) is 6.27. The molecule has 1 fully saturated rings. The number of hydrogen-bond donors (Lipinski definition) is 2. The van der Waals surface area contributed by atoms with E-state index in [1.165, 1.54) is 18.9 Å². The minimum atomic E-state index is -0.168. The molecule has 0 aromatic heterocycles. The van der Waals surface area contributed by atoms with Gasteiger partial charge in [0, 0.05) is 5.56 Å². The molecule has 1 aromatic carbocycles. The Balaban J connectivity index is 2.31. The molecule has 2 unspecified atom stereocenters. The van der Waals surface area contributed by atoms with Crippen molar-refractivity contribution in [2.45, 2.75) is 39.2 Å². The molecule has 17 heavy (non-hydrogen) atoms. The number of nitrogens with one attached hydrogen (secondary N) is 1. The molecule has 1 aromatic rings. The Hall–Kier alpha value is -0.930. The van der Waals surface area contributed by atoms with Crippen molar-refractivity contribution in [2.24, 2.45) is 17.2 Å². The zero-order valence-electron chi connectivity index (χ0n) is 10.5. The van der Waals surface area contributed by atoms with E-state index in [4.69, 9.17) is 5.84 Å². The standard InChI is InChI=1S/C14H21FN2/c1-14(2)9-5-7-11(14)13(17-16)10-6-3-4-8-12(10)15/h3-4,6,8,11,13,17H,5,7,9,16H2,1-2H3. The molecular weight excluding hydrogens is 215 g/mol. The second kappa shape index (κ2) is 4.75. The van der Waals surface area contributed by atoms with Gasteiger partial charge < -0.3 is 0 Å². The Bertz CT molecular complexity index is 390. The maximum absolute atomic E-state index is 13.8. The first kappa shape index (κ1) is 12.5. The largest absolute Gasteiger partial charge is 0.271 e. The summed E-state index contributed by atoms with van der Waals surface area (Å²) in [6.45, 7) is 4.49. The summed E-state index contributed by atoms with van der Waals surface area (Å²) in [6, 6.07) is 6.82. The van der Waals surface area contributed by atoms with E-state index in [1.807, 2.05) is 12.1 Å². The van der Waals surface area contributed by atoms with Crippen LogP contribution in [0.5, 0.6) is 0 Å². The van der Waals surface area contributed by atoms with Crippen LogP contribution in [-0.2, 0) is 0 Å². The summed E-state index contributed by atoms with van der Waals surface area (Å²) >= 11 is 0. The molecule has 3 N–H and O–H groups in total. The van der Waals surface area contributed by atoms with E-state index in [9.17, 15) is 4.39 Å². The molecule has 1 aliphatic carbocycles. The normalized spacial score (nSPS) is 24.8. The van der Waals surface area contributed by atoms with Crippen LogP contribution in [0.3, 0.4) is 0 Å². The van der Waals surface area contributed by atoms with Gasteiger partial charge in [0.25, 0.3) is 0 Å². The highest BCUT2D eigenvalue weighted by molar-refractivity contribution is 5.22. The van der Waals surface area contributed by atoms with Crippen LogP contribution in [0.15, 0.2) is 24.3 Å². The van der Waals surface area contributed by atoms with Gasteiger partial charge in [-0.15, -0.1) is 0 Å². The zero-order chi connectivity index (χ0) is 12.5. The van der Waals surface area contributed by atoms with Gasteiger partial charge in [0.15, 0.2) is 0 Å². The van der Waals surface area contributed by atoms with Crippen LogP contribution < -0.4 is 11.3 Å². The van der Waals surface area contributed by atoms with Gasteiger partial charge >= 0.3 is 0 Å². The summed E-state index contributed by atoms with van der Waals surface area (Å²) in [7, 11) is 0. The zero-order valence-corrected chi connectivity index (χ0v) is 10.5. The molecule has 1 saturated carbocycles. The van der Waals surface area contributed by atoms with Crippen LogP contribution in [0.4, 0.5) is 4.39 Å². The van der Waals surface area contributed by atoms with E-state index in [-0.39, 0.29) is 17.3 Å².